The number of aromatic nitrogens is 1. The number of ketones is 1. The van der Waals surface area contributed by atoms with E-state index >= 15 is 0 Å². The summed E-state index contributed by atoms with van der Waals surface area (Å²) in [5.74, 6) is -0.204. The molecule has 5 nitrogen and oxygen atoms in total. The summed E-state index contributed by atoms with van der Waals surface area (Å²) in [4.78, 5) is 27.8. The van der Waals surface area contributed by atoms with Crippen LogP contribution in [0.15, 0.2) is 24.3 Å². The Kier molecular flexibility index (Phi) is 4.14. The van der Waals surface area contributed by atoms with Crippen LogP contribution >= 0.6 is 11.3 Å². The minimum absolute atomic E-state index is 0.0471. The van der Waals surface area contributed by atoms with Crippen LogP contribution in [0.4, 0.5) is 0 Å². The Morgan fingerprint density at radius 2 is 1.90 bits per heavy atom. The van der Waals surface area contributed by atoms with Crippen molar-refractivity contribution in [2.24, 2.45) is 0 Å². The van der Waals surface area contributed by atoms with Gasteiger partial charge in [-0.3, -0.25) is 4.79 Å². The van der Waals surface area contributed by atoms with Gasteiger partial charge in [-0.05, 0) is 12.1 Å². The molecule has 1 aromatic carbocycles. The first kappa shape index (κ1) is 14.2. The highest BCUT2D eigenvalue weighted by Crippen LogP contribution is 2.34. The van der Waals surface area contributed by atoms with E-state index in [-0.39, 0.29) is 16.4 Å². The lowest BCUT2D eigenvalue weighted by molar-refractivity contribution is 0.0591. The number of nitrogens with zero attached hydrogens (tertiary/aromatic N) is 1. The van der Waals surface area contributed by atoms with E-state index in [4.69, 9.17) is 4.74 Å². The molecule has 104 valence electrons. The van der Waals surface area contributed by atoms with E-state index < -0.39 is 5.97 Å². The Morgan fingerprint density at radius 1 is 1.20 bits per heavy atom. The Labute approximate surface area is 120 Å². The van der Waals surface area contributed by atoms with E-state index in [0.717, 1.165) is 16.9 Å². The van der Waals surface area contributed by atoms with Crippen molar-refractivity contribution in [2.45, 2.75) is 6.92 Å². The van der Waals surface area contributed by atoms with Gasteiger partial charge in [-0.1, -0.05) is 12.1 Å². The summed E-state index contributed by atoms with van der Waals surface area (Å²) in [6, 6.07) is 7.29. The van der Waals surface area contributed by atoms with Crippen molar-refractivity contribution in [3.05, 3.63) is 34.8 Å². The fourth-order valence-electron chi connectivity index (χ4n) is 1.73. The van der Waals surface area contributed by atoms with Crippen LogP contribution in [0.25, 0.3) is 10.6 Å². The molecule has 2 aromatic rings. The molecule has 0 N–H and O–H groups in total. The molecule has 0 fully saturated rings. The highest BCUT2D eigenvalue weighted by molar-refractivity contribution is 7.17. The molecule has 0 aliphatic carbocycles. The Morgan fingerprint density at radius 3 is 2.50 bits per heavy atom. The highest BCUT2D eigenvalue weighted by atomic mass is 32.1. The summed E-state index contributed by atoms with van der Waals surface area (Å²) in [6.45, 7) is 1.39. The van der Waals surface area contributed by atoms with E-state index in [2.05, 4.69) is 9.72 Å². The molecule has 0 aliphatic heterocycles. The maximum atomic E-state index is 11.7. The molecule has 6 heteroatoms. The number of Topliss-reactive ketones (excluding diaryl/α,β-unsaturated/α-hetero) is 1. The molecule has 0 atom stereocenters. The number of thiazole rings is 1. The second kappa shape index (κ2) is 5.83. The number of carbonyl (C=O) groups excluding carboxylic acids is 2. The number of carbonyl (C=O) groups is 2. The SMILES string of the molecule is COC(=O)c1nc(-c2ccccc2OC)sc1C(C)=O. The minimum atomic E-state index is -0.618. The zero-order valence-electron chi connectivity index (χ0n) is 11.3. The van der Waals surface area contributed by atoms with Crippen molar-refractivity contribution < 1.29 is 19.1 Å². The standard InChI is InChI=1S/C14H13NO4S/c1-8(16)12-11(14(17)19-3)15-13(20-12)9-6-4-5-7-10(9)18-2/h4-7H,1-3H3. The van der Waals surface area contributed by atoms with E-state index in [1.807, 2.05) is 18.2 Å². The average molecular weight is 291 g/mol. The molecule has 0 radical (unpaired) electrons. The molecule has 0 amide bonds. The van der Waals surface area contributed by atoms with Crippen LogP contribution in [0.5, 0.6) is 5.75 Å². The molecule has 0 unspecified atom stereocenters. The molecule has 0 bridgehead atoms. The van der Waals surface area contributed by atoms with Crippen molar-refractivity contribution in [1.29, 1.82) is 0 Å². The Hall–Kier alpha value is -2.21. The normalized spacial score (nSPS) is 10.2. The van der Waals surface area contributed by atoms with Gasteiger partial charge in [0.05, 0.1) is 19.8 Å². The Bertz CT molecular complexity index is 663. The molecule has 1 aromatic heterocycles. The number of hydrogen-bond donors (Lipinski definition) is 0. The molecule has 0 spiro atoms. The number of hydrogen-bond acceptors (Lipinski definition) is 6. The molecule has 0 saturated heterocycles. The first-order chi connectivity index (χ1) is 9.58. The van der Waals surface area contributed by atoms with Crippen molar-refractivity contribution in [1.82, 2.24) is 4.98 Å². The maximum absolute atomic E-state index is 11.7. The van der Waals surface area contributed by atoms with Gasteiger partial charge in [0.25, 0.3) is 0 Å². The van der Waals surface area contributed by atoms with Crippen molar-refractivity contribution in [2.75, 3.05) is 14.2 Å². The molecule has 0 aliphatic rings. The van der Waals surface area contributed by atoms with Crippen LogP contribution in [0.2, 0.25) is 0 Å². The summed E-state index contributed by atoms with van der Waals surface area (Å²) in [5, 5.41) is 0.549. The van der Waals surface area contributed by atoms with Gasteiger partial charge in [-0.15, -0.1) is 11.3 Å². The highest BCUT2D eigenvalue weighted by Gasteiger charge is 2.23. The number of rotatable bonds is 4. The second-order valence-corrected chi connectivity index (χ2v) is 4.94. The third-order valence-electron chi connectivity index (χ3n) is 2.66. The van der Waals surface area contributed by atoms with Gasteiger partial charge in [0.2, 0.25) is 0 Å². The van der Waals surface area contributed by atoms with Crippen molar-refractivity contribution >= 4 is 23.1 Å². The van der Waals surface area contributed by atoms with E-state index in [9.17, 15) is 9.59 Å². The number of methoxy groups -OCH3 is 2. The summed E-state index contributed by atoms with van der Waals surface area (Å²) in [5.41, 5.74) is 0.781. The summed E-state index contributed by atoms with van der Waals surface area (Å²) in [6.07, 6.45) is 0. The van der Waals surface area contributed by atoms with Crippen LogP contribution in [0.1, 0.15) is 27.1 Å². The van der Waals surface area contributed by atoms with Crippen molar-refractivity contribution in [3.63, 3.8) is 0 Å². The zero-order chi connectivity index (χ0) is 14.7. The van der Waals surface area contributed by atoms with Crippen LogP contribution in [-0.2, 0) is 4.74 Å². The fourth-order valence-corrected chi connectivity index (χ4v) is 2.71. The predicted molar refractivity (Wildman–Crippen MR) is 75.4 cm³/mol. The smallest absolute Gasteiger partial charge is 0.358 e. The fraction of sp³-hybridized carbons (Fsp3) is 0.214. The molecule has 1 heterocycles. The maximum Gasteiger partial charge on any atom is 0.358 e. The first-order valence-corrected chi connectivity index (χ1v) is 6.63. The van der Waals surface area contributed by atoms with Gasteiger partial charge in [0.1, 0.15) is 15.6 Å². The van der Waals surface area contributed by atoms with E-state index in [1.165, 1.54) is 14.0 Å². The second-order valence-electron chi connectivity index (χ2n) is 3.94. The average Bonchev–Trinajstić information content (AvgIpc) is 2.91. The van der Waals surface area contributed by atoms with Gasteiger partial charge in [0, 0.05) is 6.92 Å². The van der Waals surface area contributed by atoms with Gasteiger partial charge in [0.15, 0.2) is 11.5 Å². The molecular formula is C14H13NO4S. The third kappa shape index (κ3) is 2.55. The minimum Gasteiger partial charge on any atom is -0.496 e. The van der Waals surface area contributed by atoms with Gasteiger partial charge < -0.3 is 9.47 Å². The topological polar surface area (TPSA) is 65.5 Å². The van der Waals surface area contributed by atoms with Crippen LogP contribution < -0.4 is 4.74 Å². The number of benzene rings is 1. The monoisotopic (exact) mass is 291 g/mol. The van der Waals surface area contributed by atoms with E-state index in [1.54, 1.807) is 13.2 Å². The molecule has 20 heavy (non-hydrogen) atoms. The lowest BCUT2D eigenvalue weighted by Gasteiger charge is -2.04. The number of para-hydroxylation sites is 1. The largest absolute Gasteiger partial charge is 0.496 e. The van der Waals surface area contributed by atoms with Gasteiger partial charge in [-0.2, -0.15) is 0 Å². The lowest BCUT2D eigenvalue weighted by atomic mass is 10.2. The first-order valence-electron chi connectivity index (χ1n) is 5.82. The summed E-state index contributed by atoms with van der Waals surface area (Å²) >= 11 is 1.15. The Balaban J connectivity index is 2.59. The molecular weight excluding hydrogens is 278 g/mol. The van der Waals surface area contributed by atoms with Gasteiger partial charge in [-0.25, -0.2) is 9.78 Å². The molecule has 2 rings (SSSR count). The zero-order valence-corrected chi connectivity index (χ0v) is 12.1. The lowest BCUT2D eigenvalue weighted by Crippen LogP contribution is -2.06. The summed E-state index contributed by atoms with van der Waals surface area (Å²) in [7, 11) is 2.81. The number of ether oxygens (including phenoxy) is 2. The van der Waals surface area contributed by atoms with Crippen molar-refractivity contribution in [3.8, 4) is 16.3 Å². The van der Waals surface area contributed by atoms with Crippen LogP contribution in [0.3, 0.4) is 0 Å². The quantitative estimate of drug-likeness (QED) is 0.640. The van der Waals surface area contributed by atoms with E-state index in [0.29, 0.717) is 10.8 Å². The third-order valence-corrected chi connectivity index (χ3v) is 3.85. The summed E-state index contributed by atoms with van der Waals surface area (Å²) < 4.78 is 9.92. The van der Waals surface area contributed by atoms with Crippen LogP contribution in [-0.4, -0.2) is 31.0 Å². The van der Waals surface area contributed by atoms with Gasteiger partial charge >= 0.3 is 5.97 Å². The predicted octanol–water partition coefficient (Wildman–Crippen LogP) is 2.81. The van der Waals surface area contributed by atoms with Crippen LogP contribution in [0, 0.1) is 0 Å². The number of esters is 1. The molecule has 0 saturated carbocycles.